The van der Waals surface area contributed by atoms with Crippen LogP contribution < -0.4 is 0 Å². The van der Waals surface area contributed by atoms with Crippen LogP contribution in [0.1, 0.15) is 0 Å². The molecule has 0 amide bonds. The highest BCUT2D eigenvalue weighted by Gasteiger charge is 2.18. The van der Waals surface area contributed by atoms with Crippen LogP contribution in [0, 0.1) is 0 Å². The van der Waals surface area contributed by atoms with Gasteiger partial charge in [-0.15, -0.1) is 0 Å². The molecular weight excluding hydrogens is 486 g/mol. The Morgan fingerprint density at radius 3 is 1.70 bits per heavy atom. The number of hydrogen-bond donors (Lipinski definition) is 0. The van der Waals surface area contributed by atoms with Gasteiger partial charge in [0.2, 0.25) is 0 Å². The molecule has 8 aromatic rings. The lowest BCUT2D eigenvalue weighted by Gasteiger charge is -2.15. The fraction of sp³-hybridized carbons (Fsp3) is 0. The van der Waals surface area contributed by atoms with Gasteiger partial charge in [0.15, 0.2) is 0 Å². The molecule has 0 atom stereocenters. The highest BCUT2D eigenvalue weighted by Crippen LogP contribution is 2.36. The molecule has 188 valence electrons. The van der Waals surface area contributed by atoms with Crippen LogP contribution in [0.3, 0.4) is 0 Å². The van der Waals surface area contributed by atoms with Crippen molar-refractivity contribution in [3.63, 3.8) is 0 Å². The third-order valence-electron chi connectivity index (χ3n) is 7.75. The molecular formula is C37H25N3. The first-order valence-electron chi connectivity index (χ1n) is 13.6. The lowest BCUT2D eigenvalue weighted by molar-refractivity contribution is 1.10. The molecule has 0 saturated heterocycles. The minimum absolute atomic E-state index is 0.929. The normalized spacial score (nSPS) is 11.5. The van der Waals surface area contributed by atoms with E-state index >= 15 is 0 Å². The van der Waals surface area contributed by atoms with Crippen LogP contribution in [0.4, 0.5) is 0 Å². The second-order valence-electron chi connectivity index (χ2n) is 10.1. The predicted molar refractivity (Wildman–Crippen MR) is 166 cm³/mol. The summed E-state index contributed by atoms with van der Waals surface area (Å²) in [5, 5.41) is 2.53. The summed E-state index contributed by atoms with van der Waals surface area (Å²) in [6.07, 6.45) is 0. The fourth-order valence-corrected chi connectivity index (χ4v) is 5.95. The molecule has 0 saturated carbocycles. The Morgan fingerprint density at radius 2 is 0.975 bits per heavy atom. The summed E-state index contributed by atoms with van der Waals surface area (Å²) < 4.78 is 4.65. The van der Waals surface area contributed by atoms with Crippen molar-refractivity contribution in [2.24, 2.45) is 0 Å². The number of imidazole rings is 1. The highest BCUT2D eigenvalue weighted by atomic mass is 15.1. The van der Waals surface area contributed by atoms with Gasteiger partial charge in [-0.25, -0.2) is 4.98 Å². The first-order valence-corrected chi connectivity index (χ1v) is 13.6. The largest absolute Gasteiger partial charge is 0.309 e. The summed E-state index contributed by atoms with van der Waals surface area (Å²) in [5.41, 5.74) is 10.2. The average Bonchev–Trinajstić information content (AvgIpc) is 3.58. The number of benzene rings is 6. The second kappa shape index (κ2) is 9.11. The van der Waals surface area contributed by atoms with Crippen molar-refractivity contribution < 1.29 is 0 Å². The van der Waals surface area contributed by atoms with E-state index in [0.717, 1.165) is 33.8 Å². The number of nitrogens with zero attached hydrogens (tertiary/aromatic N) is 3. The number of aromatic nitrogens is 3. The third kappa shape index (κ3) is 3.49. The van der Waals surface area contributed by atoms with Gasteiger partial charge in [-0.05, 0) is 60.2 Å². The SMILES string of the molecule is c1ccc(-c2ccccc2-n2c(-c3ccc(-n4c5ccccc5c5ccccc54)cc3)nc3ccccc32)cc1. The van der Waals surface area contributed by atoms with Crippen LogP contribution in [-0.2, 0) is 0 Å². The molecule has 2 aromatic heterocycles. The molecule has 0 radical (unpaired) electrons. The smallest absolute Gasteiger partial charge is 0.145 e. The van der Waals surface area contributed by atoms with Crippen molar-refractivity contribution >= 4 is 32.8 Å². The van der Waals surface area contributed by atoms with Gasteiger partial charge in [0.25, 0.3) is 0 Å². The van der Waals surface area contributed by atoms with Gasteiger partial charge in [-0.2, -0.15) is 0 Å². The van der Waals surface area contributed by atoms with Crippen molar-refractivity contribution in [2.75, 3.05) is 0 Å². The van der Waals surface area contributed by atoms with Gasteiger partial charge in [0.1, 0.15) is 5.82 Å². The van der Waals surface area contributed by atoms with Crippen molar-refractivity contribution in [2.45, 2.75) is 0 Å². The minimum Gasteiger partial charge on any atom is -0.309 e. The van der Waals surface area contributed by atoms with Gasteiger partial charge < -0.3 is 4.57 Å². The Hall–Kier alpha value is -5.41. The molecule has 6 aromatic carbocycles. The number of rotatable bonds is 4. The Bertz CT molecular complexity index is 2100. The van der Waals surface area contributed by atoms with Crippen molar-refractivity contribution in [1.29, 1.82) is 0 Å². The summed E-state index contributed by atoms with van der Waals surface area (Å²) >= 11 is 0. The van der Waals surface area contributed by atoms with Crippen LogP contribution in [-0.4, -0.2) is 14.1 Å². The standard InChI is InChI=1S/C37H25N3/c1-2-12-26(13-3-1)29-14-4-8-18-33(29)40-36-21-11-7-17-32(36)38-37(40)27-22-24-28(25-23-27)39-34-19-9-5-15-30(34)31-16-6-10-20-35(31)39/h1-25H. The van der Waals surface area contributed by atoms with E-state index in [4.69, 9.17) is 4.98 Å². The Balaban J connectivity index is 1.32. The highest BCUT2D eigenvalue weighted by molar-refractivity contribution is 6.09. The van der Waals surface area contributed by atoms with E-state index in [-0.39, 0.29) is 0 Å². The second-order valence-corrected chi connectivity index (χ2v) is 10.1. The average molecular weight is 512 g/mol. The quantitative estimate of drug-likeness (QED) is 0.231. The molecule has 0 fully saturated rings. The summed E-state index contributed by atoms with van der Waals surface area (Å²) in [4.78, 5) is 5.14. The van der Waals surface area contributed by atoms with Crippen LogP contribution in [0.5, 0.6) is 0 Å². The van der Waals surface area contributed by atoms with Gasteiger partial charge in [-0.3, -0.25) is 4.57 Å². The lowest BCUT2D eigenvalue weighted by atomic mass is 10.0. The first kappa shape index (κ1) is 22.6. The molecule has 3 heteroatoms. The van der Waals surface area contributed by atoms with Crippen LogP contribution in [0.2, 0.25) is 0 Å². The molecule has 0 aliphatic rings. The van der Waals surface area contributed by atoms with Gasteiger partial charge in [0.05, 0.1) is 27.8 Å². The van der Waals surface area contributed by atoms with Gasteiger partial charge >= 0.3 is 0 Å². The molecule has 0 aliphatic heterocycles. The predicted octanol–water partition coefficient (Wildman–Crippen LogP) is 9.46. The Kier molecular flexibility index (Phi) is 5.14. The Labute approximate surface area is 232 Å². The molecule has 0 spiro atoms. The van der Waals surface area contributed by atoms with E-state index in [1.807, 2.05) is 0 Å². The molecule has 40 heavy (non-hydrogen) atoms. The van der Waals surface area contributed by atoms with E-state index < -0.39 is 0 Å². The Morgan fingerprint density at radius 1 is 0.400 bits per heavy atom. The van der Waals surface area contributed by atoms with Crippen LogP contribution in [0.15, 0.2) is 152 Å². The summed E-state index contributed by atoms with van der Waals surface area (Å²) in [5.74, 6) is 0.929. The summed E-state index contributed by atoms with van der Waals surface area (Å²) in [6.45, 7) is 0. The molecule has 0 N–H and O–H groups in total. The van der Waals surface area contributed by atoms with E-state index in [1.165, 1.54) is 32.9 Å². The zero-order chi connectivity index (χ0) is 26.5. The van der Waals surface area contributed by atoms with E-state index in [1.54, 1.807) is 0 Å². The third-order valence-corrected chi connectivity index (χ3v) is 7.75. The first-order chi connectivity index (χ1) is 19.9. The topological polar surface area (TPSA) is 22.8 Å². The monoisotopic (exact) mass is 511 g/mol. The maximum atomic E-state index is 5.14. The number of para-hydroxylation sites is 5. The molecule has 0 unspecified atom stereocenters. The number of hydrogen-bond acceptors (Lipinski definition) is 1. The van der Waals surface area contributed by atoms with Crippen molar-refractivity contribution in [1.82, 2.24) is 14.1 Å². The van der Waals surface area contributed by atoms with Crippen molar-refractivity contribution in [3.8, 4) is 33.9 Å². The summed E-state index contributed by atoms with van der Waals surface area (Å²) in [6, 6.07) is 53.6. The maximum absolute atomic E-state index is 5.14. The zero-order valence-electron chi connectivity index (χ0n) is 21.8. The summed E-state index contributed by atoms with van der Waals surface area (Å²) in [7, 11) is 0. The minimum atomic E-state index is 0.929. The lowest BCUT2D eigenvalue weighted by Crippen LogP contribution is -2.00. The molecule has 3 nitrogen and oxygen atoms in total. The molecule has 2 heterocycles. The number of fused-ring (bicyclic) bond motifs is 4. The molecule has 0 aliphatic carbocycles. The zero-order valence-corrected chi connectivity index (χ0v) is 21.8. The molecule has 0 bridgehead atoms. The molecule has 8 rings (SSSR count). The van der Waals surface area contributed by atoms with E-state index in [9.17, 15) is 0 Å². The van der Waals surface area contributed by atoms with Crippen LogP contribution in [0.25, 0.3) is 66.7 Å². The maximum Gasteiger partial charge on any atom is 0.145 e. The van der Waals surface area contributed by atoms with Gasteiger partial charge in [0, 0.05) is 27.6 Å². The van der Waals surface area contributed by atoms with E-state index in [2.05, 4.69) is 161 Å². The van der Waals surface area contributed by atoms with Crippen molar-refractivity contribution in [3.05, 3.63) is 152 Å². The fourth-order valence-electron chi connectivity index (χ4n) is 5.95. The van der Waals surface area contributed by atoms with Gasteiger partial charge in [-0.1, -0.05) is 97.1 Å². The van der Waals surface area contributed by atoms with Crippen LogP contribution >= 0.6 is 0 Å². The van der Waals surface area contributed by atoms with E-state index in [0.29, 0.717) is 0 Å².